The zero-order valence-electron chi connectivity index (χ0n) is 25.3. The summed E-state index contributed by atoms with van der Waals surface area (Å²) in [5.74, 6) is 0.305. The van der Waals surface area contributed by atoms with E-state index in [-0.39, 0.29) is 47.9 Å². The van der Waals surface area contributed by atoms with Crippen LogP contribution in [0.4, 0.5) is 0 Å². The Morgan fingerprint density at radius 3 is 2.20 bits per heavy atom. The quantitative estimate of drug-likeness (QED) is 0.154. The van der Waals surface area contributed by atoms with E-state index < -0.39 is 5.97 Å². The third-order valence-electron chi connectivity index (χ3n) is 7.31. The third-order valence-corrected chi connectivity index (χ3v) is 7.31. The molecular weight excluding hydrogens is 509 g/mol. The van der Waals surface area contributed by atoms with Gasteiger partial charge in [-0.15, -0.1) is 0 Å². The number of nitrogens with zero attached hydrogens (tertiary/aromatic N) is 1. The van der Waals surface area contributed by atoms with E-state index >= 15 is 0 Å². The molecular formula is C34H44NNaO4. The summed E-state index contributed by atoms with van der Waals surface area (Å²) in [5.41, 5.74) is 5.74. The van der Waals surface area contributed by atoms with Crippen LogP contribution in [0.3, 0.4) is 0 Å². The Labute approximate surface area is 262 Å². The van der Waals surface area contributed by atoms with Crippen LogP contribution >= 0.6 is 0 Å². The number of hydrogen-bond donors (Lipinski definition) is 0. The summed E-state index contributed by atoms with van der Waals surface area (Å²) in [7, 11) is 1.94. The van der Waals surface area contributed by atoms with Crippen LogP contribution in [-0.2, 0) is 31.1 Å². The Morgan fingerprint density at radius 2 is 1.62 bits per heavy atom. The predicted octanol–water partition coefficient (Wildman–Crippen LogP) is 3.79. The molecule has 6 heteroatoms. The summed E-state index contributed by atoms with van der Waals surface area (Å²) >= 11 is 0. The van der Waals surface area contributed by atoms with E-state index in [2.05, 4.69) is 45.0 Å². The van der Waals surface area contributed by atoms with Gasteiger partial charge in [-0.1, -0.05) is 64.8 Å². The maximum absolute atomic E-state index is 13.5. The number of carbonyl (C=O) groups excluding carboxylic acids is 2. The molecule has 0 N–H and O–H groups in total. The van der Waals surface area contributed by atoms with Gasteiger partial charge in [0.2, 0.25) is 0 Å². The number of hydrogen-bond acceptors (Lipinski definition) is 4. The topological polar surface area (TPSA) is 71.4 Å². The summed E-state index contributed by atoms with van der Waals surface area (Å²) < 4.78 is 8.49. The Balaban J connectivity index is 0.00000560. The van der Waals surface area contributed by atoms with Crippen molar-refractivity contribution in [2.75, 3.05) is 0 Å². The summed E-state index contributed by atoms with van der Waals surface area (Å²) in [4.78, 5) is 24.3. The van der Waals surface area contributed by atoms with Crippen molar-refractivity contribution in [3.05, 3.63) is 88.2 Å². The number of carboxylic acid groups (broad SMARTS) is 1. The molecule has 2 aromatic carbocycles. The Bertz CT molecular complexity index is 1210. The average molecular weight is 554 g/mol. The zero-order chi connectivity index (χ0) is 28.4. The van der Waals surface area contributed by atoms with Gasteiger partial charge in [0, 0.05) is 35.5 Å². The molecule has 0 spiro atoms. The molecule has 210 valence electrons. The van der Waals surface area contributed by atoms with Crippen molar-refractivity contribution in [2.24, 2.45) is 13.0 Å². The standard InChI is InChI=1S/C34H45NO4.Na/c1-6-8-9-12-32(26-16-14-25(15-17-26)22-24(3)4)39-29-20-18-27(19-21-29)34(38)30-23-28(11-10-13-33(36)37)35(5)31(30)7-2;/h14-21,23-24,32H,6-13,22H2,1-5H3,(H,36,37);/q;+1/p-1. The van der Waals surface area contributed by atoms with Crippen molar-refractivity contribution in [3.8, 4) is 5.75 Å². The number of aromatic nitrogens is 1. The van der Waals surface area contributed by atoms with E-state index in [9.17, 15) is 14.7 Å². The minimum atomic E-state index is -1.05. The maximum atomic E-state index is 13.5. The Kier molecular flexibility index (Phi) is 14.2. The molecule has 0 saturated carbocycles. The number of carbonyl (C=O) groups is 2. The van der Waals surface area contributed by atoms with Crippen LogP contribution < -0.4 is 39.4 Å². The van der Waals surface area contributed by atoms with E-state index in [0.717, 1.165) is 42.8 Å². The predicted molar refractivity (Wildman–Crippen MR) is 155 cm³/mol. The fourth-order valence-corrected chi connectivity index (χ4v) is 5.20. The van der Waals surface area contributed by atoms with Gasteiger partial charge >= 0.3 is 29.6 Å². The largest absolute Gasteiger partial charge is 1.00 e. The molecule has 0 aliphatic heterocycles. The molecule has 1 aromatic heterocycles. The first-order valence-corrected chi connectivity index (χ1v) is 14.5. The SMILES string of the molecule is CCCCCC(Oc1ccc(C(=O)c2cc(CCCC(=O)[O-])n(C)c2CC)cc1)c1ccc(CC(C)C)cc1.[Na+]. The molecule has 1 heterocycles. The molecule has 0 aliphatic rings. The van der Waals surface area contributed by atoms with Crippen molar-refractivity contribution in [1.82, 2.24) is 4.57 Å². The second-order valence-corrected chi connectivity index (χ2v) is 10.9. The number of benzene rings is 2. The van der Waals surface area contributed by atoms with Crippen molar-refractivity contribution in [2.45, 2.75) is 91.6 Å². The smallest absolute Gasteiger partial charge is 0.550 e. The number of unbranched alkanes of at least 4 members (excludes halogenated alkanes) is 2. The van der Waals surface area contributed by atoms with Gasteiger partial charge in [-0.3, -0.25) is 4.79 Å². The van der Waals surface area contributed by atoms with Crippen LogP contribution in [0, 0.1) is 5.92 Å². The van der Waals surface area contributed by atoms with E-state index in [1.165, 1.54) is 17.5 Å². The first-order valence-electron chi connectivity index (χ1n) is 14.5. The van der Waals surface area contributed by atoms with E-state index in [1.54, 1.807) is 0 Å². The van der Waals surface area contributed by atoms with Crippen molar-refractivity contribution in [3.63, 3.8) is 0 Å². The van der Waals surface area contributed by atoms with Gasteiger partial charge in [-0.25, -0.2) is 0 Å². The first kappa shape index (κ1) is 33.9. The van der Waals surface area contributed by atoms with E-state index in [4.69, 9.17) is 4.74 Å². The molecule has 1 atom stereocenters. The number of ketones is 1. The fraction of sp³-hybridized carbons (Fsp3) is 0.471. The average Bonchev–Trinajstić information content (AvgIpc) is 3.23. The summed E-state index contributed by atoms with van der Waals surface area (Å²) in [6.07, 6.45) is 7.23. The monoisotopic (exact) mass is 553 g/mol. The second-order valence-electron chi connectivity index (χ2n) is 10.9. The molecule has 0 aliphatic carbocycles. The number of carboxylic acids is 1. The number of aryl methyl sites for hydroxylation is 1. The molecule has 0 fully saturated rings. The molecule has 1 unspecified atom stereocenters. The van der Waals surface area contributed by atoms with Gasteiger partial charge in [-0.2, -0.15) is 0 Å². The van der Waals surface area contributed by atoms with Crippen molar-refractivity contribution in [1.29, 1.82) is 0 Å². The molecule has 40 heavy (non-hydrogen) atoms. The van der Waals surface area contributed by atoms with Gasteiger partial charge in [0.05, 0.1) is 0 Å². The molecule has 0 radical (unpaired) electrons. The van der Waals surface area contributed by atoms with Crippen molar-refractivity contribution < 1.29 is 49.0 Å². The first-order chi connectivity index (χ1) is 18.7. The minimum absolute atomic E-state index is 0. The Hall–Kier alpha value is -2.34. The Morgan fingerprint density at radius 1 is 0.950 bits per heavy atom. The fourth-order valence-electron chi connectivity index (χ4n) is 5.20. The van der Waals surface area contributed by atoms with Gasteiger partial charge in [0.1, 0.15) is 11.9 Å². The van der Waals surface area contributed by atoms with Gasteiger partial charge in [-0.05, 0) is 92.3 Å². The van der Waals surface area contributed by atoms with Crippen LogP contribution in [-0.4, -0.2) is 16.3 Å². The van der Waals surface area contributed by atoms with Crippen LogP contribution in [0.5, 0.6) is 5.75 Å². The van der Waals surface area contributed by atoms with Crippen LogP contribution in [0.25, 0.3) is 0 Å². The zero-order valence-corrected chi connectivity index (χ0v) is 27.3. The summed E-state index contributed by atoms with van der Waals surface area (Å²) in [5, 5.41) is 10.8. The van der Waals surface area contributed by atoms with Crippen LogP contribution in [0.15, 0.2) is 54.6 Å². The third kappa shape index (κ3) is 9.64. The normalized spacial score (nSPS) is 11.8. The molecule has 0 bridgehead atoms. The molecule has 3 rings (SSSR count). The maximum Gasteiger partial charge on any atom is 1.00 e. The van der Waals surface area contributed by atoms with E-state index in [1.807, 2.05) is 48.9 Å². The van der Waals surface area contributed by atoms with Crippen LogP contribution in [0.1, 0.15) is 111 Å². The van der Waals surface area contributed by atoms with Gasteiger partial charge in [0.15, 0.2) is 5.78 Å². The van der Waals surface area contributed by atoms with Crippen molar-refractivity contribution >= 4 is 11.8 Å². The minimum Gasteiger partial charge on any atom is -0.550 e. The number of rotatable bonds is 16. The molecule has 5 nitrogen and oxygen atoms in total. The molecule has 0 saturated heterocycles. The molecule has 3 aromatic rings. The summed E-state index contributed by atoms with van der Waals surface area (Å²) in [6.45, 7) is 8.71. The summed E-state index contributed by atoms with van der Waals surface area (Å²) in [6, 6.07) is 18.2. The molecule has 0 amide bonds. The number of ether oxygens (including phenoxy) is 1. The van der Waals surface area contributed by atoms with Gasteiger partial charge in [0.25, 0.3) is 0 Å². The van der Waals surface area contributed by atoms with E-state index in [0.29, 0.717) is 36.3 Å². The van der Waals surface area contributed by atoms with Crippen LogP contribution in [0.2, 0.25) is 0 Å². The number of aliphatic carboxylic acids is 1. The van der Waals surface area contributed by atoms with Gasteiger partial charge < -0.3 is 19.2 Å². The second kappa shape index (κ2) is 16.8.